The van der Waals surface area contributed by atoms with E-state index >= 15 is 0 Å². The second kappa shape index (κ2) is 29.5. The van der Waals surface area contributed by atoms with Crippen molar-refractivity contribution in [2.45, 2.75) is 28.2 Å². The van der Waals surface area contributed by atoms with Crippen LogP contribution in [0.25, 0.3) is 10.9 Å². The summed E-state index contributed by atoms with van der Waals surface area (Å²) in [5, 5.41) is 31.2. The lowest BCUT2D eigenvalue weighted by atomic mass is 10.1. The van der Waals surface area contributed by atoms with Gasteiger partial charge in [0.05, 0.1) is 16.6 Å². The Labute approximate surface area is 472 Å². The molecule has 410 valence electrons. The molecule has 0 fully saturated rings. The second-order valence-corrected chi connectivity index (χ2v) is 16.8. The molecule has 0 aliphatic heterocycles. The SMILES string of the molecule is C.Cc1cc(Cl)nc(N)n1.Cc1cc(Nc2ccc(C(=O)Nc3ccc(Nc4ccnc5ccc(N(C)C)cc45)cc3)cc2)nc(N)n1.Cc1cc(Nc2ccc(C(=O)O)cc2)nc(N)n1.Cl.Cl.Nc1ccc(C(=O)O)cc1.[2HH].[2H][2H]. The number of carboxylic acid groups (broad SMARTS) is 2. The van der Waals surface area contributed by atoms with Crippen molar-refractivity contribution in [1.29, 1.82) is 0 Å². The van der Waals surface area contributed by atoms with Gasteiger partial charge in [-0.3, -0.25) is 9.78 Å². The van der Waals surface area contributed by atoms with Crippen LogP contribution in [0.1, 0.15) is 60.0 Å². The van der Waals surface area contributed by atoms with Gasteiger partial charge in [0.25, 0.3) is 5.91 Å². The first-order chi connectivity index (χ1) is 36.8. The molecular weight excluding hydrogens is 1060 g/mol. The number of nitrogens with one attached hydrogen (secondary N) is 4. The highest BCUT2D eigenvalue weighted by molar-refractivity contribution is 6.29. The van der Waals surface area contributed by atoms with Crippen LogP contribution in [-0.4, -0.2) is 77.0 Å². The van der Waals surface area contributed by atoms with Crippen LogP contribution in [-0.2, 0) is 0 Å². The number of nitrogen functional groups attached to an aromatic ring is 4. The molecule has 0 aliphatic carbocycles. The molecule has 0 bridgehead atoms. The number of carboxylic acids is 2. The highest BCUT2D eigenvalue weighted by atomic mass is 35.5. The molecule has 14 N–H and O–H groups in total. The number of nitrogens with two attached hydrogens (primary N) is 4. The molecule has 0 saturated carbocycles. The third-order valence-electron chi connectivity index (χ3n) is 10.2. The van der Waals surface area contributed by atoms with Gasteiger partial charge in [0, 0.05) is 105 Å². The average Bonchev–Trinajstić information content (AvgIpc) is 3.37. The summed E-state index contributed by atoms with van der Waals surface area (Å²) >= 11 is 5.52. The number of nitrogens with zero attached hydrogens (tertiary/aromatic N) is 8. The number of benzene rings is 5. The van der Waals surface area contributed by atoms with Crippen LogP contribution in [0.3, 0.4) is 0 Å². The van der Waals surface area contributed by atoms with Crippen molar-refractivity contribution in [1.82, 2.24) is 34.9 Å². The number of aromatic nitrogens is 7. The number of fused-ring (bicyclic) bond motifs is 1. The minimum absolute atomic E-state index is 0. The molecule has 0 unspecified atom stereocenters. The molecule has 0 atom stereocenters. The molecule has 5 aromatic carbocycles. The van der Waals surface area contributed by atoms with Gasteiger partial charge >= 0.3 is 11.9 Å². The quantitative estimate of drug-likeness (QED) is 0.0425. The zero-order valence-corrected chi connectivity index (χ0v) is 44.4. The Kier molecular flexibility index (Phi) is 23.1. The van der Waals surface area contributed by atoms with E-state index in [9.17, 15) is 14.4 Å². The summed E-state index contributed by atoms with van der Waals surface area (Å²) in [6, 6.07) is 40.5. The van der Waals surface area contributed by atoms with E-state index in [0.717, 1.165) is 56.4 Å². The van der Waals surface area contributed by atoms with Gasteiger partial charge in [0.1, 0.15) is 16.8 Å². The van der Waals surface area contributed by atoms with Crippen LogP contribution >= 0.6 is 36.4 Å². The first-order valence-electron chi connectivity index (χ1n) is 23.6. The zero-order valence-electron chi connectivity index (χ0n) is 44.1. The number of carbonyl (C=O) groups is 3. The Morgan fingerprint density at radius 2 is 0.962 bits per heavy atom. The molecule has 4 heterocycles. The lowest BCUT2D eigenvalue weighted by Gasteiger charge is -2.15. The van der Waals surface area contributed by atoms with Gasteiger partial charge in [0.2, 0.25) is 17.8 Å². The van der Waals surface area contributed by atoms with E-state index in [1.807, 2.05) is 83.4 Å². The maximum Gasteiger partial charge on any atom is 0.335 e. The van der Waals surface area contributed by atoms with E-state index in [-0.39, 0.29) is 68.5 Å². The largest absolute Gasteiger partial charge is 0.478 e. The van der Waals surface area contributed by atoms with Crippen molar-refractivity contribution in [3.05, 3.63) is 185 Å². The van der Waals surface area contributed by atoms with Gasteiger partial charge in [-0.1, -0.05) is 19.0 Å². The number of carbonyl (C=O) groups excluding carboxylic acids is 1. The third-order valence-corrected chi connectivity index (χ3v) is 10.4. The monoisotopic (exact) mass is 1120 g/mol. The summed E-state index contributed by atoms with van der Waals surface area (Å²) < 4.78 is 10.0. The smallest absolute Gasteiger partial charge is 0.335 e. The van der Waals surface area contributed by atoms with Crippen molar-refractivity contribution in [3.63, 3.8) is 0 Å². The second-order valence-electron chi connectivity index (χ2n) is 16.4. The summed E-state index contributed by atoms with van der Waals surface area (Å²) in [5.41, 5.74) is 31.9. The van der Waals surface area contributed by atoms with Crippen LogP contribution in [0.4, 0.5) is 69.3 Å². The number of aryl methyl sites for hydroxylation is 3. The van der Waals surface area contributed by atoms with Crippen molar-refractivity contribution < 1.29 is 29.0 Å². The van der Waals surface area contributed by atoms with Crippen molar-refractivity contribution in [2.24, 2.45) is 0 Å². The lowest BCUT2D eigenvalue weighted by molar-refractivity contribution is 0.0686. The highest BCUT2D eigenvalue weighted by Gasteiger charge is 2.10. The van der Waals surface area contributed by atoms with Crippen molar-refractivity contribution >= 4 is 134 Å². The van der Waals surface area contributed by atoms with Gasteiger partial charge in [-0.2, -0.15) is 9.97 Å². The Morgan fingerprint density at radius 3 is 1.41 bits per heavy atom. The molecule has 0 saturated heterocycles. The number of pyridine rings is 1. The topological polar surface area (TPSA) is 337 Å². The Morgan fingerprint density at radius 1 is 0.538 bits per heavy atom. The van der Waals surface area contributed by atoms with E-state index in [0.29, 0.717) is 33.7 Å². The molecule has 4 aromatic heterocycles. The Bertz CT molecular complexity index is 3360. The van der Waals surface area contributed by atoms with E-state index in [4.69, 9.17) is 47.7 Å². The third kappa shape index (κ3) is 19.3. The standard InChI is InChI=1S/C29H28N8O.C12H12N4O2.C7H7NO2.C5H6ClN3.CH4.2ClH.2H2/c1-18-16-27(36-29(30)32-18)34-21-6-4-19(5-7-21)28(38)35-22-10-8-20(9-11-22)33-26-14-15-31-25-13-12-23(37(2)3)17-24(25)26;1-7-6-10(16-12(13)14-7)15-9-4-2-8(3-5-9)11(17)18;8-6-3-1-5(2-4-6)7(9)10;1-3-2-4(6)9-5(7)8-3;;;;;/h4-17H,1-3H3,(H,31,33)(H,35,38)(H3,30,32,34,36);2-6H,1H3,(H,17,18)(H3,13,14,15,16);1-4H,8H2,(H,9,10);2H,1H3,(H2,7,8,9);1H4;4*1H/i;;;;;;;1+1D;1+1. The summed E-state index contributed by atoms with van der Waals surface area (Å²) in [7, 11) is 4.03. The summed E-state index contributed by atoms with van der Waals surface area (Å²) in [6.07, 6.45) is 1.79. The highest BCUT2D eigenvalue weighted by Crippen LogP contribution is 2.29. The predicted molar refractivity (Wildman–Crippen MR) is 322 cm³/mol. The number of halogens is 3. The van der Waals surface area contributed by atoms with E-state index in [2.05, 4.69) is 73.2 Å². The van der Waals surface area contributed by atoms with Gasteiger partial charge in [0.15, 0.2) is 0 Å². The van der Waals surface area contributed by atoms with Crippen LogP contribution in [0.2, 0.25) is 5.15 Å². The first-order valence-corrected chi connectivity index (χ1v) is 22.9. The molecular formula is C54H63Cl3N16O5. The fourth-order valence-corrected chi connectivity index (χ4v) is 6.95. The molecule has 0 aliphatic rings. The maximum atomic E-state index is 12.8. The molecule has 21 nitrogen and oxygen atoms in total. The summed E-state index contributed by atoms with van der Waals surface area (Å²) in [6.45, 7) is 5.47. The van der Waals surface area contributed by atoms with E-state index in [1.165, 1.54) is 24.3 Å². The number of amides is 1. The fourth-order valence-electron chi connectivity index (χ4n) is 6.70. The van der Waals surface area contributed by atoms with Crippen molar-refractivity contribution in [3.8, 4) is 0 Å². The number of hydrogen-bond acceptors (Lipinski definition) is 18. The number of anilines is 12. The minimum Gasteiger partial charge on any atom is -0.478 e. The molecule has 0 spiro atoms. The molecule has 1 amide bonds. The van der Waals surface area contributed by atoms with Gasteiger partial charge in [-0.05, 0) is 148 Å². The number of hydrogen-bond donors (Lipinski definition) is 10. The first kappa shape index (κ1) is 61.0. The lowest BCUT2D eigenvalue weighted by Crippen LogP contribution is -2.11. The van der Waals surface area contributed by atoms with Gasteiger partial charge < -0.3 is 59.3 Å². The molecule has 24 heteroatoms. The van der Waals surface area contributed by atoms with Gasteiger partial charge in [-0.25, -0.2) is 29.5 Å². The number of rotatable bonds is 11. The van der Waals surface area contributed by atoms with E-state index < -0.39 is 11.9 Å². The Balaban J connectivity index is 0.000000631. The normalized spacial score (nSPS) is 9.92. The molecule has 78 heavy (non-hydrogen) atoms. The Hall–Kier alpha value is -9.57. The van der Waals surface area contributed by atoms with Crippen molar-refractivity contribution in [2.75, 3.05) is 63.2 Å². The van der Waals surface area contributed by atoms with Crippen LogP contribution < -0.4 is 49.1 Å². The van der Waals surface area contributed by atoms with Crippen LogP contribution in [0.15, 0.2) is 146 Å². The number of aromatic carboxylic acids is 2. The fraction of sp³-hybridized carbons (Fsp3) is 0.111. The minimum atomic E-state index is -0.955. The van der Waals surface area contributed by atoms with Gasteiger partial charge in [-0.15, -0.1) is 24.8 Å². The zero-order chi connectivity index (χ0) is 56.2. The molecule has 0 radical (unpaired) electrons. The maximum absolute atomic E-state index is 12.8. The molecule has 9 rings (SSSR count). The average molecular weight is 1130 g/mol. The molecule has 9 aromatic rings. The van der Waals surface area contributed by atoms with Crippen LogP contribution in [0.5, 0.6) is 0 Å². The van der Waals surface area contributed by atoms with Crippen LogP contribution in [0, 0.1) is 20.8 Å². The van der Waals surface area contributed by atoms with E-state index in [1.54, 1.807) is 60.8 Å². The summed E-state index contributed by atoms with van der Waals surface area (Å²) in [5.74, 6) is -0.293. The summed E-state index contributed by atoms with van der Waals surface area (Å²) in [4.78, 5) is 64.0. The predicted octanol–water partition coefficient (Wildman–Crippen LogP) is 11.5.